The topological polar surface area (TPSA) is 47.6 Å². The fourth-order valence-corrected chi connectivity index (χ4v) is 5.21. The number of nitrogens with one attached hydrogen (secondary N) is 1. The van der Waals surface area contributed by atoms with Crippen molar-refractivity contribution in [3.8, 4) is 5.75 Å². The van der Waals surface area contributed by atoms with Gasteiger partial charge in [-0.1, -0.05) is 66.7 Å². The van der Waals surface area contributed by atoms with Gasteiger partial charge in [0, 0.05) is 17.5 Å². The summed E-state index contributed by atoms with van der Waals surface area (Å²) in [5.74, 6) is -0.406. The first-order chi connectivity index (χ1) is 17.5. The van der Waals surface area contributed by atoms with E-state index < -0.39 is 11.8 Å². The molecule has 0 aliphatic carbocycles. The first-order valence-corrected chi connectivity index (χ1v) is 12.4. The van der Waals surface area contributed by atoms with Crippen molar-refractivity contribution in [2.24, 2.45) is 0 Å². The van der Waals surface area contributed by atoms with Gasteiger partial charge in [0.15, 0.2) is 0 Å². The molecule has 1 N–H and O–H groups in total. The second kappa shape index (κ2) is 10.5. The first-order valence-electron chi connectivity index (χ1n) is 12.4. The van der Waals surface area contributed by atoms with Crippen molar-refractivity contribution in [2.75, 3.05) is 13.7 Å². The minimum atomic E-state index is -0.669. The van der Waals surface area contributed by atoms with Crippen molar-refractivity contribution < 1.29 is 18.7 Å². The number of methoxy groups -OCH3 is 1. The Morgan fingerprint density at radius 2 is 1.83 bits per heavy atom. The number of halogens is 1. The number of carbonyl (C=O) groups excluding carboxylic acids is 1. The lowest BCUT2D eigenvalue weighted by Gasteiger charge is -2.33. The van der Waals surface area contributed by atoms with Gasteiger partial charge in [-0.15, -0.1) is 0 Å². The molecule has 0 spiro atoms. The molecule has 36 heavy (non-hydrogen) atoms. The molecule has 5 heteroatoms. The molecule has 1 heterocycles. The summed E-state index contributed by atoms with van der Waals surface area (Å²) in [6.45, 7) is 2.98. The highest BCUT2D eigenvalue weighted by Crippen LogP contribution is 2.41. The molecule has 0 saturated carbocycles. The van der Waals surface area contributed by atoms with Crippen LogP contribution in [-0.2, 0) is 4.74 Å². The summed E-state index contributed by atoms with van der Waals surface area (Å²) < 4.78 is 25.4. The lowest BCUT2D eigenvalue weighted by molar-refractivity contribution is 0.0595. The van der Waals surface area contributed by atoms with Gasteiger partial charge in [0.05, 0.1) is 12.7 Å². The molecule has 0 fully saturated rings. The van der Waals surface area contributed by atoms with Crippen LogP contribution in [0.25, 0.3) is 10.8 Å². The molecular formula is C31H30FNO3. The third kappa shape index (κ3) is 4.84. The van der Waals surface area contributed by atoms with Crippen molar-refractivity contribution in [1.82, 2.24) is 5.32 Å². The van der Waals surface area contributed by atoms with Crippen LogP contribution in [0.2, 0.25) is 0 Å². The average Bonchev–Trinajstić information content (AvgIpc) is 2.92. The molecule has 1 aliphatic rings. The zero-order valence-corrected chi connectivity index (χ0v) is 20.5. The molecule has 5 rings (SSSR count). The van der Waals surface area contributed by atoms with E-state index in [1.54, 1.807) is 12.1 Å². The van der Waals surface area contributed by atoms with Gasteiger partial charge in [-0.25, -0.2) is 9.18 Å². The average molecular weight is 484 g/mol. The van der Waals surface area contributed by atoms with Crippen LogP contribution >= 0.6 is 0 Å². The van der Waals surface area contributed by atoms with Crippen LogP contribution < -0.4 is 10.1 Å². The second-order valence-electron chi connectivity index (χ2n) is 9.33. The summed E-state index contributed by atoms with van der Waals surface area (Å²) in [6.07, 6.45) is 1.56. The Morgan fingerprint density at radius 1 is 1.06 bits per heavy atom. The van der Waals surface area contributed by atoms with E-state index in [1.165, 1.54) is 29.5 Å². The second-order valence-corrected chi connectivity index (χ2v) is 9.33. The van der Waals surface area contributed by atoms with E-state index in [9.17, 15) is 9.18 Å². The van der Waals surface area contributed by atoms with Crippen LogP contribution in [0.5, 0.6) is 5.75 Å². The van der Waals surface area contributed by atoms with Crippen LogP contribution in [0.15, 0.2) is 84.9 Å². The van der Waals surface area contributed by atoms with Gasteiger partial charge >= 0.3 is 5.97 Å². The lowest BCUT2D eigenvalue weighted by Crippen LogP contribution is -2.31. The van der Waals surface area contributed by atoms with E-state index >= 15 is 0 Å². The van der Waals surface area contributed by atoms with Crippen LogP contribution in [0.3, 0.4) is 0 Å². The minimum absolute atomic E-state index is 0.000512. The van der Waals surface area contributed by atoms with Gasteiger partial charge in [0.2, 0.25) is 0 Å². The summed E-state index contributed by atoms with van der Waals surface area (Å²) >= 11 is 0. The Kier molecular flexibility index (Phi) is 7.01. The maximum Gasteiger partial charge on any atom is 0.340 e. The number of benzene rings is 4. The molecule has 0 aromatic heterocycles. The summed E-state index contributed by atoms with van der Waals surface area (Å²) in [4.78, 5) is 12.1. The number of hydrogen-bond donors (Lipinski definition) is 1. The standard InChI is InChI=1S/C31H30FNO3/c1-20(24-12-7-9-21-8-3-4-10-25(21)24)33-17-16-23-19-27(26-11-5-6-13-30(26)36-23)22-14-15-29(32)28(18-22)31(34)35-2/h3-15,18,20,23,27,33H,16-17,19H2,1-2H3/t20-,23?,27?/m1/s1. The number of para-hydroxylation sites is 1. The Balaban J connectivity index is 1.32. The Bertz CT molecular complexity index is 1380. The minimum Gasteiger partial charge on any atom is -0.490 e. The number of fused-ring (bicyclic) bond motifs is 2. The summed E-state index contributed by atoms with van der Waals surface area (Å²) in [7, 11) is 1.26. The monoisotopic (exact) mass is 483 g/mol. The smallest absolute Gasteiger partial charge is 0.340 e. The normalized spacial score (nSPS) is 17.8. The molecule has 4 aromatic carbocycles. The molecule has 4 aromatic rings. The first kappa shape index (κ1) is 24.0. The highest BCUT2D eigenvalue weighted by molar-refractivity contribution is 5.90. The number of hydrogen-bond acceptors (Lipinski definition) is 4. The molecule has 3 atom stereocenters. The van der Waals surface area contributed by atoms with Gasteiger partial charge in [-0.2, -0.15) is 0 Å². The van der Waals surface area contributed by atoms with E-state index in [2.05, 4.69) is 54.7 Å². The summed E-state index contributed by atoms with van der Waals surface area (Å²) in [6, 6.07) is 27.7. The molecule has 0 saturated heterocycles. The van der Waals surface area contributed by atoms with Crippen LogP contribution in [-0.4, -0.2) is 25.7 Å². The van der Waals surface area contributed by atoms with Crippen LogP contribution in [0.1, 0.15) is 58.8 Å². The fourth-order valence-electron chi connectivity index (χ4n) is 5.21. The van der Waals surface area contributed by atoms with Crippen molar-refractivity contribution in [2.45, 2.75) is 37.8 Å². The highest BCUT2D eigenvalue weighted by Gasteiger charge is 2.30. The van der Waals surface area contributed by atoms with E-state index in [1.807, 2.05) is 24.3 Å². The molecule has 0 radical (unpaired) electrons. The number of carbonyl (C=O) groups is 1. The number of ether oxygens (including phenoxy) is 2. The van der Waals surface area contributed by atoms with Crippen molar-refractivity contribution >= 4 is 16.7 Å². The fraction of sp³-hybridized carbons (Fsp3) is 0.258. The van der Waals surface area contributed by atoms with E-state index in [0.29, 0.717) is 0 Å². The van der Waals surface area contributed by atoms with Gasteiger partial charge in [0.25, 0.3) is 0 Å². The molecule has 4 nitrogen and oxygen atoms in total. The molecule has 0 amide bonds. The predicted molar refractivity (Wildman–Crippen MR) is 140 cm³/mol. The van der Waals surface area contributed by atoms with Crippen molar-refractivity contribution in [3.05, 3.63) is 113 Å². The van der Waals surface area contributed by atoms with E-state index in [4.69, 9.17) is 9.47 Å². The predicted octanol–water partition coefficient (Wildman–Crippen LogP) is 6.79. The molecule has 0 bridgehead atoms. The van der Waals surface area contributed by atoms with Gasteiger partial charge in [0.1, 0.15) is 17.7 Å². The number of rotatable bonds is 7. The van der Waals surface area contributed by atoms with Gasteiger partial charge in [-0.05, 0) is 66.4 Å². The maximum absolute atomic E-state index is 14.3. The third-order valence-corrected chi connectivity index (χ3v) is 7.09. The SMILES string of the molecule is COC(=O)c1cc(C2CC(CCN[C@H](C)c3cccc4ccccc34)Oc3ccccc32)ccc1F. The van der Waals surface area contributed by atoms with E-state index in [0.717, 1.165) is 36.3 Å². The van der Waals surface area contributed by atoms with Gasteiger partial charge < -0.3 is 14.8 Å². The summed E-state index contributed by atoms with van der Waals surface area (Å²) in [5, 5.41) is 6.17. The third-order valence-electron chi connectivity index (χ3n) is 7.09. The van der Waals surface area contributed by atoms with Crippen molar-refractivity contribution in [1.29, 1.82) is 0 Å². The molecule has 2 unspecified atom stereocenters. The van der Waals surface area contributed by atoms with Crippen LogP contribution in [0.4, 0.5) is 4.39 Å². The molecular weight excluding hydrogens is 453 g/mol. The van der Waals surface area contributed by atoms with Crippen molar-refractivity contribution in [3.63, 3.8) is 0 Å². The zero-order valence-electron chi connectivity index (χ0n) is 20.5. The Labute approximate surface area is 211 Å². The maximum atomic E-state index is 14.3. The molecule has 184 valence electrons. The lowest BCUT2D eigenvalue weighted by atomic mass is 9.83. The number of esters is 1. The Hall–Kier alpha value is -3.70. The van der Waals surface area contributed by atoms with Gasteiger partial charge in [-0.3, -0.25) is 0 Å². The highest BCUT2D eigenvalue weighted by atomic mass is 19.1. The Morgan fingerprint density at radius 3 is 2.69 bits per heavy atom. The van der Waals surface area contributed by atoms with Crippen LogP contribution in [0, 0.1) is 5.82 Å². The van der Waals surface area contributed by atoms with E-state index in [-0.39, 0.29) is 23.6 Å². The molecule has 1 aliphatic heterocycles. The zero-order chi connectivity index (χ0) is 25.1. The quantitative estimate of drug-likeness (QED) is 0.294. The summed E-state index contributed by atoms with van der Waals surface area (Å²) in [5.41, 5.74) is 3.17. The largest absolute Gasteiger partial charge is 0.490 e.